The maximum atomic E-state index is 14.1. The van der Waals surface area contributed by atoms with E-state index >= 15 is 0 Å². The van der Waals surface area contributed by atoms with Crippen molar-refractivity contribution in [3.05, 3.63) is 77.9 Å². The number of ether oxygens (including phenoxy) is 4. The Kier molecular flexibility index (Phi) is 6.88. The third-order valence-electron chi connectivity index (χ3n) is 8.38. The van der Waals surface area contributed by atoms with Crippen LogP contribution in [0.1, 0.15) is 15.9 Å². The van der Waals surface area contributed by atoms with Crippen LogP contribution in [-0.4, -0.2) is 65.6 Å². The summed E-state index contributed by atoms with van der Waals surface area (Å²) < 4.78 is 28.0. The van der Waals surface area contributed by atoms with Gasteiger partial charge in [-0.05, 0) is 30.3 Å². The van der Waals surface area contributed by atoms with Crippen LogP contribution in [0.4, 0.5) is 22.7 Å². The Balaban J connectivity index is 1.32. The molecule has 1 aliphatic carbocycles. The first kappa shape index (κ1) is 27.5. The van der Waals surface area contributed by atoms with E-state index in [4.69, 9.17) is 23.5 Å². The van der Waals surface area contributed by atoms with Crippen LogP contribution in [0.2, 0.25) is 0 Å². The van der Waals surface area contributed by atoms with Crippen LogP contribution in [-0.2, 0) is 0 Å². The third-order valence-corrected chi connectivity index (χ3v) is 8.38. The second-order valence-electron chi connectivity index (χ2n) is 10.6. The highest BCUT2D eigenvalue weighted by Gasteiger charge is 2.34. The zero-order valence-electron chi connectivity index (χ0n) is 25.0. The van der Waals surface area contributed by atoms with E-state index in [9.17, 15) is 4.79 Å². The van der Waals surface area contributed by atoms with Crippen LogP contribution in [0.5, 0.6) is 23.0 Å². The van der Waals surface area contributed by atoms with Crippen molar-refractivity contribution in [1.29, 1.82) is 0 Å². The van der Waals surface area contributed by atoms with Gasteiger partial charge in [-0.1, -0.05) is 29.4 Å². The van der Waals surface area contributed by atoms with Crippen molar-refractivity contribution in [2.75, 3.05) is 69.7 Å². The van der Waals surface area contributed by atoms with Gasteiger partial charge in [0.05, 0.1) is 50.8 Å². The van der Waals surface area contributed by atoms with Gasteiger partial charge in [-0.15, -0.1) is 0 Å². The van der Waals surface area contributed by atoms with Gasteiger partial charge in [0.2, 0.25) is 5.75 Å². The maximum absolute atomic E-state index is 14.1. The van der Waals surface area contributed by atoms with Crippen LogP contribution in [0, 0.1) is 0 Å². The van der Waals surface area contributed by atoms with Gasteiger partial charge in [-0.25, -0.2) is 0 Å². The maximum Gasteiger partial charge on any atom is 0.203 e. The molecular weight excluding hydrogens is 560 g/mol. The van der Waals surface area contributed by atoms with E-state index in [1.807, 2.05) is 54.6 Å². The highest BCUT2D eigenvalue weighted by Crippen LogP contribution is 2.47. The van der Waals surface area contributed by atoms with Gasteiger partial charge in [0.25, 0.3) is 0 Å². The van der Waals surface area contributed by atoms with Crippen molar-refractivity contribution in [2.24, 2.45) is 0 Å². The molecule has 224 valence electrons. The van der Waals surface area contributed by atoms with Gasteiger partial charge < -0.3 is 38.6 Å². The molecule has 10 heteroatoms. The van der Waals surface area contributed by atoms with Gasteiger partial charge in [-0.2, -0.15) is 0 Å². The molecule has 1 N–H and O–H groups in total. The minimum atomic E-state index is -0.0906. The number of nitrogens with zero attached hydrogens (tertiary/aromatic N) is 3. The normalized spacial score (nSPS) is 14.0. The predicted octanol–water partition coefficient (Wildman–Crippen LogP) is 6.14. The number of benzene rings is 4. The van der Waals surface area contributed by atoms with Crippen LogP contribution >= 0.6 is 0 Å². The predicted molar refractivity (Wildman–Crippen MR) is 170 cm³/mol. The van der Waals surface area contributed by atoms with Gasteiger partial charge in [0, 0.05) is 60.8 Å². The smallest absolute Gasteiger partial charge is 0.203 e. The SMILES string of the molecule is COc1ccc(N2CCN(c3cc(Nc4cc(OC)c(OC)c(OC)c4)c4c5c(onc35)-c3ccccc3C4=O)CC2)cc1. The third kappa shape index (κ3) is 4.41. The minimum Gasteiger partial charge on any atom is -0.497 e. The van der Waals surface area contributed by atoms with Gasteiger partial charge in [0.1, 0.15) is 11.3 Å². The lowest BCUT2D eigenvalue weighted by Gasteiger charge is -2.37. The molecule has 7 rings (SSSR count). The van der Waals surface area contributed by atoms with E-state index < -0.39 is 0 Å². The fourth-order valence-corrected chi connectivity index (χ4v) is 6.19. The van der Waals surface area contributed by atoms with Gasteiger partial charge in [0.15, 0.2) is 23.0 Å². The fraction of sp³-hybridized carbons (Fsp3) is 0.235. The Hall–Kier alpha value is -5.38. The van der Waals surface area contributed by atoms with Crippen molar-refractivity contribution in [3.8, 4) is 34.3 Å². The number of fused-ring (bicyclic) bond motifs is 2. The van der Waals surface area contributed by atoms with E-state index in [-0.39, 0.29) is 5.78 Å². The zero-order valence-corrected chi connectivity index (χ0v) is 25.0. The molecule has 4 aromatic carbocycles. The number of piperazine rings is 1. The molecule has 10 nitrogen and oxygen atoms in total. The molecule has 1 fully saturated rings. The molecule has 0 bridgehead atoms. The lowest BCUT2D eigenvalue weighted by Crippen LogP contribution is -2.46. The Labute approximate surface area is 254 Å². The summed E-state index contributed by atoms with van der Waals surface area (Å²) in [4.78, 5) is 18.7. The molecule has 1 saturated heterocycles. The molecule has 0 atom stereocenters. The fourth-order valence-electron chi connectivity index (χ4n) is 6.19. The van der Waals surface area contributed by atoms with E-state index in [1.165, 1.54) is 0 Å². The van der Waals surface area contributed by atoms with Gasteiger partial charge >= 0.3 is 0 Å². The summed E-state index contributed by atoms with van der Waals surface area (Å²) in [7, 11) is 6.38. The molecule has 5 aromatic rings. The molecule has 1 aromatic heterocycles. The molecule has 0 amide bonds. The molecule has 44 heavy (non-hydrogen) atoms. The van der Waals surface area contributed by atoms with Crippen molar-refractivity contribution in [3.63, 3.8) is 0 Å². The average Bonchev–Trinajstić information content (AvgIpc) is 3.52. The van der Waals surface area contributed by atoms with Crippen molar-refractivity contribution in [1.82, 2.24) is 5.16 Å². The largest absolute Gasteiger partial charge is 0.497 e. The number of carbonyl (C=O) groups excluding carboxylic acids is 1. The lowest BCUT2D eigenvalue weighted by atomic mass is 9.86. The Morgan fingerprint density at radius 3 is 2.07 bits per heavy atom. The first-order chi connectivity index (χ1) is 21.5. The number of hydrogen-bond donors (Lipinski definition) is 1. The summed E-state index contributed by atoms with van der Waals surface area (Å²) in [6.45, 7) is 3.16. The first-order valence-electron chi connectivity index (χ1n) is 14.4. The van der Waals surface area contributed by atoms with E-state index in [0.29, 0.717) is 56.4 Å². The Morgan fingerprint density at radius 2 is 1.43 bits per heavy atom. The number of ketones is 1. The Bertz CT molecular complexity index is 1850. The minimum absolute atomic E-state index is 0.0906. The quantitative estimate of drug-likeness (QED) is 0.222. The first-order valence-corrected chi connectivity index (χ1v) is 14.4. The molecule has 2 heterocycles. The van der Waals surface area contributed by atoms with Crippen molar-refractivity contribution in [2.45, 2.75) is 0 Å². The van der Waals surface area contributed by atoms with Crippen LogP contribution in [0.25, 0.3) is 22.2 Å². The number of rotatable bonds is 8. The highest BCUT2D eigenvalue weighted by atomic mass is 16.5. The summed E-state index contributed by atoms with van der Waals surface area (Å²) in [5.41, 5.74) is 5.87. The van der Waals surface area contributed by atoms with Crippen LogP contribution in [0.15, 0.2) is 71.3 Å². The van der Waals surface area contributed by atoms with Crippen LogP contribution in [0.3, 0.4) is 0 Å². The van der Waals surface area contributed by atoms with Crippen molar-refractivity contribution < 1.29 is 28.3 Å². The highest BCUT2D eigenvalue weighted by molar-refractivity contribution is 6.28. The zero-order chi connectivity index (χ0) is 30.4. The monoisotopic (exact) mass is 592 g/mol. The average molecular weight is 593 g/mol. The molecule has 2 aliphatic rings. The summed E-state index contributed by atoms with van der Waals surface area (Å²) >= 11 is 0. The summed E-state index contributed by atoms with van der Waals surface area (Å²) in [5, 5.41) is 8.75. The Morgan fingerprint density at radius 1 is 0.773 bits per heavy atom. The number of aromatic nitrogens is 1. The number of nitrogens with one attached hydrogen (secondary N) is 1. The number of methoxy groups -OCH3 is 4. The number of carbonyl (C=O) groups is 1. The standard InChI is InChI=1S/C34H32N4O6/c1-40-22-11-9-21(10-12-22)37-13-15-38(16-14-37)26-19-25(35-20-17-27(41-2)34(43-4)28(18-20)42-3)29-30-31(26)36-44-33(30)24-8-6-5-7-23(24)32(29)39/h5-12,17-19,35H,13-16H2,1-4H3. The molecule has 0 saturated carbocycles. The van der Waals surface area contributed by atoms with Crippen LogP contribution < -0.4 is 34.1 Å². The number of anilines is 4. The molecular formula is C34H32N4O6. The lowest BCUT2D eigenvalue weighted by molar-refractivity contribution is 0.104. The van der Waals surface area contributed by atoms with E-state index in [0.717, 1.165) is 48.9 Å². The van der Waals surface area contributed by atoms with E-state index in [2.05, 4.69) is 32.4 Å². The second kappa shape index (κ2) is 11.0. The molecule has 1 aliphatic heterocycles. The molecule has 0 unspecified atom stereocenters. The summed E-state index contributed by atoms with van der Waals surface area (Å²) in [6.07, 6.45) is 0. The summed E-state index contributed by atoms with van der Waals surface area (Å²) in [6, 6.07) is 21.3. The number of hydrogen-bond acceptors (Lipinski definition) is 10. The van der Waals surface area contributed by atoms with E-state index in [1.54, 1.807) is 28.4 Å². The topological polar surface area (TPSA) is 98.5 Å². The second-order valence-corrected chi connectivity index (χ2v) is 10.6. The summed E-state index contributed by atoms with van der Waals surface area (Å²) in [5.74, 6) is 2.83. The molecule has 0 spiro atoms. The molecule has 0 radical (unpaired) electrons. The van der Waals surface area contributed by atoms with Crippen molar-refractivity contribution >= 4 is 39.4 Å². The van der Waals surface area contributed by atoms with Gasteiger partial charge in [-0.3, -0.25) is 4.79 Å².